The Kier molecular flexibility index (Phi) is 4.55. The summed E-state index contributed by atoms with van der Waals surface area (Å²) in [6.07, 6.45) is 3.87. The van der Waals surface area contributed by atoms with Gasteiger partial charge in [-0.1, -0.05) is 12.1 Å². The van der Waals surface area contributed by atoms with E-state index >= 15 is 0 Å². The highest BCUT2D eigenvalue weighted by molar-refractivity contribution is 7.15. The van der Waals surface area contributed by atoms with Gasteiger partial charge in [-0.25, -0.2) is 13.8 Å². The molecule has 0 aliphatic heterocycles. The Bertz CT molecular complexity index is 1080. The van der Waals surface area contributed by atoms with Crippen LogP contribution in [0, 0.1) is 11.6 Å². The number of thiazole rings is 1. The fourth-order valence-corrected chi connectivity index (χ4v) is 3.22. The molecule has 1 amide bonds. The number of benzene rings is 2. The molecule has 0 atom stereocenters. The number of rotatable bonds is 5. The molecule has 0 aliphatic carbocycles. The number of halogens is 2. The van der Waals surface area contributed by atoms with Crippen LogP contribution in [-0.4, -0.2) is 21.9 Å². The van der Waals surface area contributed by atoms with E-state index in [0.29, 0.717) is 11.8 Å². The van der Waals surface area contributed by atoms with Crippen LogP contribution in [0.1, 0.15) is 0 Å². The van der Waals surface area contributed by atoms with Gasteiger partial charge in [0.25, 0.3) is 5.91 Å². The molecule has 1 N–H and O–H groups in total. The topological polar surface area (TPSA) is 55.6 Å². The molecular weight excluding hydrogens is 372 g/mol. The minimum atomic E-state index is -0.855. The van der Waals surface area contributed by atoms with Gasteiger partial charge in [-0.3, -0.25) is 9.20 Å². The number of fused-ring (bicyclic) bond motifs is 1. The monoisotopic (exact) mass is 385 g/mol. The first kappa shape index (κ1) is 17.2. The Morgan fingerprint density at radius 3 is 2.74 bits per heavy atom. The van der Waals surface area contributed by atoms with Crippen LogP contribution >= 0.6 is 11.3 Å². The molecule has 4 rings (SSSR count). The van der Waals surface area contributed by atoms with Crippen molar-refractivity contribution in [2.45, 2.75) is 0 Å². The van der Waals surface area contributed by atoms with Crippen molar-refractivity contribution in [2.75, 3.05) is 11.9 Å². The average molecular weight is 385 g/mol. The number of carbonyl (C=O) groups excluding carboxylic acids is 1. The van der Waals surface area contributed by atoms with E-state index in [2.05, 4.69) is 10.3 Å². The Balaban J connectivity index is 1.37. The molecule has 0 fully saturated rings. The summed E-state index contributed by atoms with van der Waals surface area (Å²) < 4.78 is 33.4. The quantitative estimate of drug-likeness (QED) is 0.555. The van der Waals surface area contributed by atoms with Crippen LogP contribution in [0.25, 0.3) is 16.2 Å². The molecule has 0 bridgehead atoms. The Labute approximate surface area is 156 Å². The van der Waals surface area contributed by atoms with Crippen LogP contribution in [0.3, 0.4) is 0 Å². The maximum Gasteiger partial charge on any atom is 0.262 e. The largest absolute Gasteiger partial charge is 0.481 e. The lowest BCUT2D eigenvalue weighted by Gasteiger charge is -2.08. The Morgan fingerprint density at radius 1 is 1.19 bits per heavy atom. The number of carbonyl (C=O) groups is 1. The van der Waals surface area contributed by atoms with E-state index in [1.54, 1.807) is 23.5 Å². The van der Waals surface area contributed by atoms with E-state index < -0.39 is 17.5 Å². The van der Waals surface area contributed by atoms with Crippen LogP contribution in [0.15, 0.2) is 60.2 Å². The number of ether oxygens (including phenoxy) is 1. The van der Waals surface area contributed by atoms with Gasteiger partial charge in [-0.2, -0.15) is 0 Å². The molecule has 0 spiro atoms. The molecule has 0 unspecified atom stereocenters. The summed E-state index contributed by atoms with van der Waals surface area (Å²) in [5.41, 5.74) is 2.34. The minimum Gasteiger partial charge on any atom is -0.481 e. The van der Waals surface area contributed by atoms with Crippen LogP contribution in [0.4, 0.5) is 14.5 Å². The van der Waals surface area contributed by atoms with Gasteiger partial charge in [0.05, 0.1) is 5.69 Å². The molecule has 2 aromatic heterocycles. The van der Waals surface area contributed by atoms with E-state index in [1.165, 1.54) is 0 Å². The highest BCUT2D eigenvalue weighted by atomic mass is 32.1. The number of amides is 1. The second-order valence-corrected chi connectivity index (χ2v) is 6.58. The SMILES string of the molecule is O=C(COc1ccc(F)cc1F)Nc1ccc(-c2cn3ccsc3n2)cc1. The number of aromatic nitrogens is 2. The number of nitrogens with zero attached hydrogens (tertiary/aromatic N) is 2. The Hall–Kier alpha value is -3.26. The average Bonchev–Trinajstić information content (AvgIpc) is 3.23. The van der Waals surface area contributed by atoms with Crippen molar-refractivity contribution in [3.63, 3.8) is 0 Å². The molecule has 0 radical (unpaired) electrons. The second-order valence-electron chi connectivity index (χ2n) is 5.71. The third-order valence-corrected chi connectivity index (χ3v) is 4.58. The molecule has 0 saturated heterocycles. The zero-order valence-corrected chi connectivity index (χ0v) is 14.7. The van der Waals surface area contributed by atoms with Crippen molar-refractivity contribution < 1.29 is 18.3 Å². The van der Waals surface area contributed by atoms with Crippen LogP contribution in [0.5, 0.6) is 5.75 Å². The van der Waals surface area contributed by atoms with Crippen LogP contribution in [0.2, 0.25) is 0 Å². The van der Waals surface area contributed by atoms with Gasteiger partial charge in [0.1, 0.15) is 5.82 Å². The van der Waals surface area contributed by atoms with Gasteiger partial charge >= 0.3 is 0 Å². The number of anilines is 1. The maximum atomic E-state index is 13.5. The lowest BCUT2D eigenvalue weighted by Crippen LogP contribution is -2.20. The smallest absolute Gasteiger partial charge is 0.262 e. The summed E-state index contributed by atoms with van der Waals surface area (Å²) in [5, 5.41) is 4.62. The summed E-state index contributed by atoms with van der Waals surface area (Å²) in [4.78, 5) is 17.4. The predicted octanol–water partition coefficient (Wildman–Crippen LogP) is 4.36. The minimum absolute atomic E-state index is 0.179. The lowest BCUT2D eigenvalue weighted by molar-refractivity contribution is -0.118. The molecule has 8 heteroatoms. The number of hydrogen-bond acceptors (Lipinski definition) is 4. The maximum absolute atomic E-state index is 13.5. The first-order valence-electron chi connectivity index (χ1n) is 7.99. The standard InChI is InChI=1S/C19H13F2N3O2S/c20-13-3-6-17(15(21)9-13)26-11-18(25)22-14-4-1-12(2-5-14)16-10-24-7-8-27-19(24)23-16/h1-10H,11H2,(H,22,25). The summed E-state index contributed by atoms with van der Waals surface area (Å²) in [5.74, 6) is -2.19. The third kappa shape index (κ3) is 3.80. The fourth-order valence-electron chi connectivity index (χ4n) is 2.52. The summed E-state index contributed by atoms with van der Waals surface area (Å²) in [6, 6.07) is 10.1. The third-order valence-electron chi connectivity index (χ3n) is 3.81. The van der Waals surface area contributed by atoms with E-state index in [0.717, 1.165) is 28.4 Å². The number of hydrogen-bond donors (Lipinski definition) is 1. The summed E-state index contributed by atoms with van der Waals surface area (Å²) in [7, 11) is 0. The van der Waals surface area contributed by atoms with E-state index in [1.807, 2.05) is 34.3 Å². The molecule has 27 heavy (non-hydrogen) atoms. The Morgan fingerprint density at radius 2 is 2.00 bits per heavy atom. The van der Waals surface area contributed by atoms with E-state index in [9.17, 15) is 13.6 Å². The molecule has 2 heterocycles. The highest BCUT2D eigenvalue weighted by Crippen LogP contribution is 2.23. The number of nitrogens with one attached hydrogen (secondary N) is 1. The fraction of sp³-hybridized carbons (Fsp3) is 0.0526. The van der Waals surface area contributed by atoms with Crippen LogP contribution < -0.4 is 10.1 Å². The zero-order chi connectivity index (χ0) is 18.8. The lowest BCUT2D eigenvalue weighted by atomic mass is 10.1. The molecule has 5 nitrogen and oxygen atoms in total. The molecule has 136 valence electrons. The van der Waals surface area contributed by atoms with Gasteiger partial charge in [0.2, 0.25) is 0 Å². The van der Waals surface area contributed by atoms with Crippen molar-refractivity contribution in [1.82, 2.24) is 9.38 Å². The van der Waals surface area contributed by atoms with Crippen molar-refractivity contribution in [3.05, 3.63) is 71.9 Å². The first-order valence-corrected chi connectivity index (χ1v) is 8.87. The van der Waals surface area contributed by atoms with Gasteiger partial charge in [0, 0.05) is 35.1 Å². The number of imidazole rings is 1. The summed E-state index contributed by atoms with van der Waals surface area (Å²) >= 11 is 1.55. The van der Waals surface area contributed by atoms with Gasteiger partial charge < -0.3 is 10.1 Å². The zero-order valence-electron chi connectivity index (χ0n) is 13.9. The first-order chi connectivity index (χ1) is 13.1. The molecule has 4 aromatic rings. The van der Waals surface area contributed by atoms with Gasteiger partial charge in [0.15, 0.2) is 23.1 Å². The predicted molar refractivity (Wildman–Crippen MR) is 99.0 cm³/mol. The van der Waals surface area contributed by atoms with Gasteiger partial charge in [-0.15, -0.1) is 11.3 Å². The van der Waals surface area contributed by atoms with E-state index in [4.69, 9.17) is 4.74 Å². The summed E-state index contributed by atoms with van der Waals surface area (Å²) in [6.45, 7) is -0.387. The molecule has 2 aromatic carbocycles. The normalized spacial score (nSPS) is 10.9. The van der Waals surface area contributed by atoms with Crippen LogP contribution in [-0.2, 0) is 4.79 Å². The molecule has 0 aliphatic rings. The van der Waals surface area contributed by atoms with Crippen molar-refractivity contribution in [2.24, 2.45) is 0 Å². The molecular formula is C19H13F2N3O2S. The van der Waals surface area contributed by atoms with Gasteiger partial charge in [-0.05, 0) is 24.3 Å². The van der Waals surface area contributed by atoms with Crippen molar-refractivity contribution in [3.8, 4) is 17.0 Å². The van der Waals surface area contributed by atoms with Crippen molar-refractivity contribution in [1.29, 1.82) is 0 Å². The molecule has 0 saturated carbocycles. The van der Waals surface area contributed by atoms with Crippen molar-refractivity contribution >= 4 is 27.9 Å². The second kappa shape index (κ2) is 7.16. The van der Waals surface area contributed by atoms with E-state index in [-0.39, 0.29) is 12.4 Å². The highest BCUT2D eigenvalue weighted by Gasteiger charge is 2.09.